The van der Waals surface area contributed by atoms with Gasteiger partial charge in [0.2, 0.25) is 5.91 Å². The van der Waals surface area contributed by atoms with Gasteiger partial charge in [-0.2, -0.15) is 0 Å². The number of carbonyl (C=O) groups excluding carboxylic acids is 1. The normalized spacial score (nSPS) is 11.4. The number of hydrogen-bond donors (Lipinski definition) is 0. The zero-order chi connectivity index (χ0) is 31.3. The first kappa shape index (κ1) is 42.8. The minimum atomic E-state index is 0.134. The van der Waals surface area contributed by atoms with Crippen molar-refractivity contribution in [3.63, 3.8) is 0 Å². The number of rotatable bonds is 37. The molecule has 0 atom stereocenters. The van der Waals surface area contributed by atoms with Crippen LogP contribution in [0.1, 0.15) is 232 Å². The van der Waals surface area contributed by atoms with E-state index in [1.807, 2.05) is 4.90 Å². The van der Waals surface area contributed by atoms with Crippen molar-refractivity contribution in [2.75, 3.05) is 19.0 Å². The van der Waals surface area contributed by atoms with E-state index in [-0.39, 0.29) is 11.8 Å². The largest absolute Gasteiger partial charge is 0.342 e. The molecule has 258 valence electrons. The number of carbonyl (C=O) groups is 1. The second-order valence-corrected chi connectivity index (χ2v) is 14.1. The summed E-state index contributed by atoms with van der Waals surface area (Å²) in [7, 11) is 0. The Morgan fingerprint density at radius 2 is 0.535 bits per heavy atom. The van der Waals surface area contributed by atoms with Gasteiger partial charge in [0.15, 0.2) is 0 Å². The van der Waals surface area contributed by atoms with Crippen LogP contribution in [0.4, 0.5) is 0 Å². The number of alkyl halides is 1. The van der Waals surface area contributed by atoms with E-state index in [2.05, 4.69) is 13.8 Å². The van der Waals surface area contributed by atoms with Crippen molar-refractivity contribution in [1.82, 2.24) is 4.90 Å². The maximum absolute atomic E-state index is 12.3. The highest BCUT2D eigenvalue weighted by atomic mass is 35.5. The third-order valence-corrected chi connectivity index (χ3v) is 9.76. The fourth-order valence-corrected chi connectivity index (χ4v) is 6.67. The SMILES string of the molecule is CCCCCCCCCCCCCCCCCCCN(CCCCCCCCCCCCCCCCCCC)C(=O)CCl. The number of nitrogens with zero attached hydrogens (tertiary/aromatic N) is 1. The Morgan fingerprint density at radius 3 is 0.721 bits per heavy atom. The van der Waals surface area contributed by atoms with Gasteiger partial charge in [-0.1, -0.05) is 219 Å². The van der Waals surface area contributed by atoms with Crippen LogP contribution in [0.3, 0.4) is 0 Å². The summed E-state index contributed by atoms with van der Waals surface area (Å²) in [5, 5.41) is 0. The van der Waals surface area contributed by atoms with Crippen molar-refractivity contribution in [2.45, 2.75) is 232 Å². The molecule has 3 heteroatoms. The Balaban J connectivity index is 3.46. The zero-order valence-corrected chi connectivity index (χ0v) is 30.7. The van der Waals surface area contributed by atoms with Gasteiger partial charge in [0.1, 0.15) is 5.88 Å². The van der Waals surface area contributed by atoms with E-state index >= 15 is 0 Å². The molecule has 0 aliphatic heterocycles. The average Bonchev–Trinajstić information content (AvgIpc) is 3.02. The topological polar surface area (TPSA) is 20.3 Å². The van der Waals surface area contributed by atoms with Gasteiger partial charge in [0.25, 0.3) is 0 Å². The Labute approximate surface area is 277 Å². The average molecular weight is 627 g/mol. The van der Waals surface area contributed by atoms with Gasteiger partial charge < -0.3 is 4.90 Å². The maximum atomic E-state index is 12.3. The third kappa shape index (κ3) is 34.5. The van der Waals surface area contributed by atoms with Crippen molar-refractivity contribution in [1.29, 1.82) is 0 Å². The van der Waals surface area contributed by atoms with E-state index in [9.17, 15) is 4.79 Å². The van der Waals surface area contributed by atoms with E-state index in [0.717, 1.165) is 25.9 Å². The molecule has 43 heavy (non-hydrogen) atoms. The molecule has 0 unspecified atom stereocenters. The Hall–Kier alpha value is -0.240. The van der Waals surface area contributed by atoms with E-state index < -0.39 is 0 Å². The number of unbranched alkanes of at least 4 members (excludes halogenated alkanes) is 32. The van der Waals surface area contributed by atoms with E-state index in [1.54, 1.807) is 0 Å². The third-order valence-electron chi connectivity index (χ3n) is 9.53. The minimum Gasteiger partial charge on any atom is -0.342 e. The first-order chi connectivity index (χ1) is 21.3. The highest BCUT2D eigenvalue weighted by Crippen LogP contribution is 2.16. The van der Waals surface area contributed by atoms with Crippen LogP contribution in [0.5, 0.6) is 0 Å². The molecule has 1 amide bonds. The number of amides is 1. The van der Waals surface area contributed by atoms with Crippen molar-refractivity contribution < 1.29 is 4.79 Å². The lowest BCUT2D eigenvalue weighted by Gasteiger charge is -2.22. The smallest absolute Gasteiger partial charge is 0.237 e. The van der Waals surface area contributed by atoms with Gasteiger partial charge in [0.05, 0.1) is 0 Å². The highest BCUT2D eigenvalue weighted by Gasteiger charge is 2.11. The molecule has 0 aromatic rings. The molecule has 0 aromatic carbocycles. The quantitative estimate of drug-likeness (QED) is 0.0496. The maximum Gasteiger partial charge on any atom is 0.237 e. The van der Waals surface area contributed by atoms with E-state index in [4.69, 9.17) is 11.6 Å². The van der Waals surface area contributed by atoms with Crippen LogP contribution in [-0.4, -0.2) is 29.8 Å². The molecule has 0 aromatic heterocycles. The van der Waals surface area contributed by atoms with Crippen molar-refractivity contribution in [3.05, 3.63) is 0 Å². The van der Waals surface area contributed by atoms with Crippen LogP contribution in [0.15, 0.2) is 0 Å². The van der Waals surface area contributed by atoms with Gasteiger partial charge in [-0.05, 0) is 12.8 Å². The molecule has 0 saturated carbocycles. The van der Waals surface area contributed by atoms with Crippen LogP contribution >= 0.6 is 11.6 Å². The van der Waals surface area contributed by atoms with Gasteiger partial charge in [-0.15, -0.1) is 11.6 Å². The zero-order valence-electron chi connectivity index (χ0n) is 29.9. The minimum absolute atomic E-state index is 0.134. The standard InChI is InChI=1S/C40H80ClNO/c1-3-5-7-9-11-13-15-17-19-21-23-25-27-29-31-33-35-37-42(40(43)39-41)38-36-34-32-30-28-26-24-22-20-18-16-14-12-10-8-6-4-2/h3-39H2,1-2H3. The second-order valence-electron chi connectivity index (χ2n) is 13.8. The molecule has 0 aliphatic rings. The molecule has 0 fully saturated rings. The summed E-state index contributed by atoms with van der Waals surface area (Å²) in [5.74, 6) is 0.271. The van der Waals surface area contributed by atoms with Crippen LogP contribution in [0, 0.1) is 0 Å². The van der Waals surface area contributed by atoms with Crippen molar-refractivity contribution in [2.24, 2.45) is 0 Å². The molecule has 0 radical (unpaired) electrons. The summed E-state index contributed by atoms with van der Waals surface area (Å²) in [6, 6.07) is 0. The first-order valence-electron chi connectivity index (χ1n) is 20.1. The molecular formula is C40H80ClNO. The van der Waals surface area contributed by atoms with Gasteiger partial charge in [0, 0.05) is 13.1 Å². The summed E-state index contributed by atoms with van der Waals surface area (Å²) >= 11 is 5.92. The molecule has 0 N–H and O–H groups in total. The van der Waals surface area contributed by atoms with Crippen molar-refractivity contribution in [3.8, 4) is 0 Å². The molecule has 0 spiro atoms. The summed E-state index contributed by atoms with van der Waals surface area (Å²) in [6.07, 6.45) is 47.3. The molecule has 0 aliphatic carbocycles. The fourth-order valence-electron chi connectivity index (χ4n) is 6.50. The summed E-state index contributed by atoms with van der Waals surface area (Å²) in [6.45, 7) is 6.40. The molecule has 0 saturated heterocycles. The molecule has 0 bridgehead atoms. The van der Waals surface area contributed by atoms with Crippen molar-refractivity contribution >= 4 is 17.5 Å². The van der Waals surface area contributed by atoms with Crippen LogP contribution in [0.2, 0.25) is 0 Å². The van der Waals surface area contributed by atoms with Crippen LogP contribution < -0.4 is 0 Å². The second kappa shape index (κ2) is 37.9. The summed E-state index contributed by atoms with van der Waals surface area (Å²) < 4.78 is 0. The Bertz CT molecular complexity index is 487. The van der Waals surface area contributed by atoms with Gasteiger partial charge >= 0.3 is 0 Å². The fraction of sp³-hybridized carbons (Fsp3) is 0.975. The van der Waals surface area contributed by atoms with Crippen LogP contribution in [-0.2, 0) is 4.79 Å². The monoisotopic (exact) mass is 626 g/mol. The summed E-state index contributed by atoms with van der Waals surface area (Å²) in [4.78, 5) is 14.4. The van der Waals surface area contributed by atoms with E-state index in [0.29, 0.717) is 0 Å². The summed E-state index contributed by atoms with van der Waals surface area (Å²) in [5.41, 5.74) is 0. The predicted octanol–water partition coefficient (Wildman–Crippen LogP) is 14.4. The highest BCUT2D eigenvalue weighted by molar-refractivity contribution is 6.27. The molecule has 2 nitrogen and oxygen atoms in total. The lowest BCUT2D eigenvalue weighted by atomic mass is 10.0. The number of hydrogen-bond acceptors (Lipinski definition) is 1. The molecule has 0 heterocycles. The predicted molar refractivity (Wildman–Crippen MR) is 196 cm³/mol. The van der Waals surface area contributed by atoms with Gasteiger partial charge in [-0.3, -0.25) is 4.79 Å². The van der Waals surface area contributed by atoms with Gasteiger partial charge in [-0.25, -0.2) is 0 Å². The lowest BCUT2D eigenvalue weighted by Crippen LogP contribution is -2.33. The Kier molecular flexibility index (Phi) is 37.7. The van der Waals surface area contributed by atoms with E-state index in [1.165, 1.54) is 205 Å². The Morgan fingerprint density at radius 1 is 0.349 bits per heavy atom. The first-order valence-corrected chi connectivity index (χ1v) is 20.6. The lowest BCUT2D eigenvalue weighted by molar-refractivity contribution is -0.128. The number of halogens is 1. The van der Waals surface area contributed by atoms with Crippen LogP contribution in [0.25, 0.3) is 0 Å². The molecule has 0 rings (SSSR count). The molecular weight excluding hydrogens is 546 g/mol.